The van der Waals surface area contributed by atoms with Crippen molar-refractivity contribution in [1.29, 1.82) is 0 Å². The molecular formula is C16H15F3N6O2. The van der Waals surface area contributed by atoms with E-state index in [1.165, 1.54) is 7.05 Å². The van der Waals surface area contributed by atoms with Crippen LogP contribution in [0, 0.1) is 6.92 Å². The van der Waals surface area contributed by atoms with Crippen LogP contribution in [0.3, 0.4) is 0 Å². The van der Waals surface area contributed by atoms with Crippen LogP contribution in [0.1, 0.15) is 40.6 Å². The molecule has 3 rings (SSSR count). The summed E-state index contributed by atoms with van der Waals surface area (Å²) in [7, 11) is 1.25. The Morgan fingerprint density at radius 1 is 1.30 bits per heavy atom. The van der Waals surface area contributed by atoms with Crippen LogP contribution in [-0.2, 0) is 13.2 Å². The lowest BCUT2D eigenvalue weighted by Gasteiger charge is -2.09. The van der Waals surface area contributed by atoms with Crippen LogP contribution in [0.5, 0.6) is 0 Å². The van der Waals surface area contributed by atoms with E-state index in [4.69, 9.17) is 4.52 Å². The number of rotatable bonds is 4. The average molecular weight is 380 g/mol. The number of aryl methyl sites for hydroxylation is 2. The van der Waals surface area contributed by atoms with Gasteiger partial charge in [-0.3, -0.25) is 14.5 Å². The van der Waals surface area contributed by atoms with Crippen LogP contribution in [-0.4, -0.2) is 30.8 Å². The predicted molar refractivity (Wildman–Crippen MR) is 86.4 cm³/mol. The molecule has 3 heterocycles. The van der Waals surface area contributed by atoms with Crippen LogP contribution in [0.15, 0.2) is 29.0 Å². The third-order valence-electron chi connectivity index (χ3n) is 3.70. The highest BCUT2D eigenvalue weighted by Crippen LogP contribution is 2.28. The largest absolute Gasteiger partial charge is 0.435 e. The van der Waals surface area contributed by atoms with Gasteiger partial charge in [-0.1, -0.05) is 5.16 Å². The van der Waals surface area contributed by atoms with Gasteiger partial charge in [0.2, 0.25) is 11.7 Å². The number of hydrogen-bond donors (Lipinski definition) is 1. The Bertz CT molecular complexity index is 979. The van der Waals surface area contributed by atoms with E-state index in [1.807, 2.05) is 13.0 Å². The van der Waals surface area contributed by atoms with Crippen molar-refractivity contribution in [3.8, 4) is 11.4 Å². The van der Waals surface area contributed by atoms with Crippen molar-refractivity contribution in [2.75, 3.05) is 0 Å². The van der Waals surface area contributed by atoms with Crippen molar-refractivity contribution < 1.29 is 22.5 Å². The number of aromatic nitrogens is 5. The fraction of sp³-hybridized carbons (Fsp3) is 0.312. The van der Waals surface area contributed by atoms with E-state index in [1.54, 1.807) is 19.3 Å². The molecule has 0 spiro atoms. The Hall–Kier alpha value is -3.24. The lowest BCUT2D eigenvalue weighted by molar-refractivity contribution is -0.141. The quantitative estimate of drug-likeness (QED) is 0.747. The zero-order chi connectivity index (χ0) is 19.8. The Labute approximate surface area is 151 Å². The highest BCUT2D eigenvalue weighted by atomic mass is 19.4. The molecule has 0 saturated carbocycles. The summed E-state index contributed by atoms with van der Waals surface area (Å²) in [6.45, 7) is 3.44. The first-order valence-electron chi connectivity index (χ1n) is 7.83. The van der Waals surface area contributed by atoms with E-state index in [-0.39, 0.29) is 11.6 Å². The molecule has 11 heteroatoms. The maximum absolute atomic E-state index is 12.7. The molecule has 0 fully saturated rings. The summed E-state index contributed by atoms with van der Waals surface area (Å²) in [5.74, 6) is -0.342. The zero-order valence-electron chi connectivity index (χ0n) is 14.6. The molecule has 8 nitrogen and oxygen atoms in total. The summed E-state index contributed by atoms with van der Waals surface area (Å²) in [5.41, 5.74) is 0.175. The number of alkyl halides is 3. The molecule has 3 aromatic heterocycles. The van der Waals surface area contributed by atoms with Gasteiger partial charge in [-0.2, -0.15) is 23.3 Å². The zero-order valence-corrected chi connectivity index (χ0v) is 14.6. The van der Waals surface area contributed by atoms with Crippen LogP contribution in [0.4, 0.5) is 13.2 Å². The number of halogens is 3. The fourth-order valence-electron chi connectivity index (χ4n) is 2.36. The Morgan fingerprint density at radius 2 is 2.04 bits per heavy atom. The van der Waals surface area contributed by atoms with Crippen molar-refractivity contribution in [2.45, 2.75) is 26.1 Å². The molecule has 0 aliphatic heterocycles. The molecule has 0 aromatic carbocycles. The van der Waals surface area contributed by atoms with Gasteiger partial charge >= 0.3 is 6.18 Å². The van der Waals surface area contributed by atoms with Gasteiger partial charge in [-0.15, -0.1) is 0 Å². The maximum Gasteiger partial charge on any atom is 0.435 e. The number of carbonyl (C=O) groups excluding carboxylic acids is 1. The molecule has 1 N–H and O–H groups in total. The topological polar surface area (TPSA) is 98.7 Å². The number of nitrogens with one attached hydrogen (secondary N) is 1. The molecule has 0 aliphatic rings. The smallest absolute Gasteiger partial charge is 0.339 e. The lowest BCUT2D eigenvalue weighted by Crippen LogP contribution is -2.28. The van der Waals surface area contributed by atoms with Crippen molar-refractivity contribution in [3.63, 3.8) is 0 Å². The van der Waals surface area contributed by atoms with E-state index in [0.29, 0.717) is 17.5 Å². The van der Waals surface area contributed by atoms with E-state index in [9.17, 15) is 18.0 Å². The van der Waals surface area contributed by atoms with Gasteiger partial charge in [-0.05, 0) is 25.5 Å². The van der Waals surface area contributed by atoms with E-state index >= 15 is 0 Å². The van der Waals surface area contributed by atoms with Gasteiger partial charge in [0.25, 0.3) is 5.91 Å². The molecule has 0 radical (unpaired) electrons. The predicted octanol–water partition coefficient (Wildman–Crippen LogP) is 2.68. The number of hydrogen-bond acceptors (Lipinski definition) is 6. The normalized spacial score (nSPS) is 12.8. The van der Waals surface area contributed by atoms with Crippen LogP contribution in [0.2, 0.25) is 0 Å². The molecule has 1 amide bonds. The molecule has 27 heavy (non-hydrogen) atoms. The van der Waals surface area contributed by atoms with Gasteiger partial charge < -0.3 is 9.84 Å². The molecular weight excluding hydrogens is 365 g/mol. The summed E-state index contributed by atoms with van der Waals surface area (Å²) in [4.78, 5) is 20.5. The van der Waals surface area contributed by atoms with Crippen LogP contribution < -0.4 is 5.32 Å². The minimum absolute atomic E-state index is 0.109. The minimum atomic E-state index is -4.63. The Morgan fingerprint density at radius 3 is 2.67 bits per heavy atom. The summed E-state index contributed by atoms with van der Waals surface area (Å²) in [5, 5.41) is 9.66. The lowest BCUT2D eigenvalue weighted by atomic mass is 10.2. The van der Waals surface area contributed by atoms with Gasteiger partial charge in [0.05, 0.1) is 0 Å². The van der Waals surface area contributed by atoms with E-state index in [2.05, 4.69) is 25.5 Å². The van der Waals surface area contributed by atoms with Gasteiger partial charge in [0.1, 0.15) is 11.7 Å². The first-order valence-corrected chi connectivity index (χ1v) is 7.83. The van der Waals surface area contributed by atoms with Crippen molar-refractivity contribution in [3.05, 3.63) is 47.4 Å². The van der Waals surface area contributed by atoms with Crippen LogP contribution in [0.25, 0.3) is 11.4 Å². The number of nitrogens with zero attached hydrogens (tertiary/aromatic N) is 5. The summed E-state index contributed by atoms with van der Waals surface area (Å²) < 4.78 is 44.2. The summed E-state index contributed by atoms with van der Waals surface area (Å²) in [6.07, 6.45) is -1.39. The highest BCUT2D eigenvalue weighted by molar-refractivity contribution is 5.92. The van der Waals surface area contributed by atoms with Gasteiger partial charge in [-0.25, -0.2) is 0 Å². The van der Waals surface area contributed by atoms with E-state index < -0.39 is 23.8 Å². The van der Waals surface area contributed by atoms with Crippen molar-refractivity contribution in [2.24, 2.45) is 7.05 Å². The SMILES string of the molecule is Cc1cncc(-c2noc([C@@H](C)NC(=O)c3cc(C(F)(F)F)nn3C)n2)c1. The third kappa shape index (κ3) is 3.96. The van der Waals surface area contributed by atoms with Crippen molar-refractivity contribution in [1.82, 2.24) is 30.2 Å². The first-order chi connectivity index (χ1) is 12.6. The monoisotopic (exact) mass is 380 g/mol. The fourth-order valence-corrected chi connectivity index (χ4v) is 2.36. The Kier molecular flexibility index (Phi) is 4.68. The average Bonchev–Trinajstić information content (AvgIpc) is 3.21. The molecule has 0 aliphatic carbocycles. The molecule has 1 atom stereocenters. The van der Waals surface area contributed by atoms with Crippen molar-refractivity contribution >= 4 is 5.91 Å². The minimum Gasteiger partial charge on any atom is -0.339 e. The standard InChI is InChI=1S/C16H15F3N6O2/c1-8-4-10(7-20-6-8)13-22-15(27-24-13)9(2)21-14(26)11-5-12(16(17,18)19)23-25(11)3/h4-7,9H,1-3H3,(H,21,26)/t9-/m1/s1. The summed E-state index contributed by atoms with van der Waals surface area (Å²) >= 11 is 0. The molecule has 0 saturated heterocycles. The molecule has 3 aromatic rings. The molecule has 0 bridgehead atoms. The third-order valence-corrected chi connectivity index (χ3v) is 3.70. The van der Waals surface area contributed by atoms with E-state index in [0.717, 1.165) is 10.2 Å². The Balaban J connectivity index is 1.75. The maximum atomic E-state index is 12.7. The van der Waals surface area contributed by atoms with Gasteiger partial charge in [0, 0.05) is 31.1 Å². The number of amides is 1. The molecule has 0 unspecified atom stereocenters. The van der Waals surface area contributed by atoms with Crippen LogP contribution >= 0.6 is 0 Å². The highest BCUT2D eigenvalue weighted by Gasteiger charge is 2.35. The number of pyridine rings is 1. The molecule has 142 valence electrons. The second-order valence-corrected chi connectivity index (χ2v) is 5.94. The number of carbonyl (C=O) groups is 1. The second-order valence-electron chi connectivity index (χ2n) is 5.94. The van der Waals surface area contributed by atoms with Gasteiger partial charge in [0.15, 0.2) is 5.69 Å². The first kappa shape index (κ1) is 18.5. The summed E-state index contributed by atoms with van der Waals surface area (Å²) in [6, 6.07) is 1.78. The second kappa shape index (κ2) is 6.82.